The molecule has 1 saturated heterocycles. The second-order valence-corrected chi connectivity index (χ2v) is 6.80. The Labute approximate surface area is 155 Å². The van der Waals surface area contributed by atoms with Gasteiger partial charge in [-0.15, -0.1) is 0 Å². The molecule has 0 spiro atoms. The number of aryl methyl sites for hydroxylation is 1. The van der Waals surface area contributed by atoms with Crippen LogP contribution in [0.5, 0.6) is 5.75 Å². The molecule has 1 amide bonds. The summed E-state index contributed by atoms with van der Waals surface area (Å²) in [5.41, 5.74) is 1.53. The third-order valence-corrected chi connectivity index (χ3v) is 4.91. The van der Waals surface area contributed by atoms with Gasteiger partial charge in [0, 0.05) is 18.4 Å². The fourth-order valence-corrected chi connectivity index (χ4v) is 3.47. The summed E-state index contributed by atoms with van der Waals surface area (Å²) >= 11 is 0. The van der Waals surface area contributed by atoms with E-state index < -0.39 is 11.6 Å². The number of halogens is 1. The maximum atomic E-state index is 13.3. The fourth-order valence-electron chi connectivity index (χ4n) is 3.47. The summed E-state index contributed by atoms with van der Waals surface area (Å²) in [5.74, 6) is -0.424. The molecule has 2 aromatic carbocycles. The van der Waals surface area contributed by atoms with Gasteiger partial charge in [-0.05, 0) is 35.7 Å². The molecule has 5 nitrogen and oxygen atoms in total. The van der Waals surface area contributed by atoms with E-state index in [0.29, 0.717) is 35.4 Å². The van der Waals surface area contributed by atoms with E-state index in [0.717, 1.165) is 5.56 Å². The molecule has 27 heavy (non-hydrogen) atoms. The molecule has 4 rings (SSSR count). The van der Waals surface area contributed by atoms with Crippen LogP contribution in [0.25, 0.3) is 0 Å². The summed E-state index contributed by atoms with van der Waals surface area (Å²) in [6.45, 7) is 3.77. The van der Waals surface area contributed by atoms with Crippen molar-refractivity contribution in [2.24, 2.45) is 0 Å². The first-order chi connectivity index (χ1) is 13.0. The van der Waals surface area contributed by atoms with Gasteiger partial charge in [-0.25, -0.2) is 9.18 Å². The highest BCUT2D eigenvalue weighted by Gasteiger charge is 2.45. The Balaban J connectivity index is 1.64. The molecular formula is C21H18FNO4. The summed E-state index contributed by atoms with van der Waals surface area (Å²) in [6, 6.07) is 11.3. The van der Waals surface area contributed by atoms with E-state index in [1.807, 2.05) is 12.1 Å². The number of rotatable bonds is 4. The number of hydrogen-bond donors (Lipinski definition) is 1. The minimum Gasteiger partial charge on any atom is -0.487 e. The van der Waals surface area contributed by atoms with E-state index in [2.05, 4.69) is 11.9 Å². The smallest absolute Gasteiger partial charge is 0.334 e. The Bertz CT molecular complexity index is 920. The highest BCUT2D eigenvalue weighted by molar-refractivity contribution is 5.95. The third-order valence-electron chi connectivity index (χ3n) is 4.91. The van der Waals surface area contributed by atoms with Gasteiger partial charge in [0.25, 0.3) is 0 Å². The number of esters is 1. The molecule has 0 bridgehead atoms. The predicted molar refractivity (Wildman–Crippen MR) is 96.8 cm³/mol. The van der Waals surface area contributed by atoms with Gasteiger partial charge < -0.3 is 14.8 Å². The molecule has 0 aliphatic carbocycles. The maximum Gasteiger partial charge on any atom is 0.334 e. The van der Waals surface area contributed by atoms with Crippen LogP contribution in [0.4, 0.5) is 10.1 Å². The first-order valence-electron chi connectivity index (χ1n) is 8.68. The van der Waals surface area contributed by atoms with E-state index in [4.69, 9.17) is 9.47 Å². The van der Waals surface area contributed by atoms with Crippen molar-refractivity contribution in [1.29, 1.82) is 0 Å². The molecule has 0 aromatic heterocycles. The Hall–Kier alpha value is -3.15. The Morgan fingerprint density at radius 1 is 1.15 bits per heavy atom. The topological polar surface area (TPSA) is 64.6 Å². The Kier molecular flexibility index (Phi) is 4.18. The molecule has 2 aromatic rings. The lowest BCUT2D eigenvalue weighted by atomic mass is 9.90. The number of hydrogen-bond acceptors (Lipinski definition) is 4. The molecule has 2 heterocycles. The zero-order valence-electron chi connectivity index (χ0n) is 14.6. The summed E-state index contributed by atoms with van der Waals surface area (Å²) in [4.78, 5) is 23.8. The number of para-hydroxylation sites is 1. The van der Waals surface area contributed by atoms with Crippen LogP contribution in [0, 0.1) is 5.82 Å². The molecule has 138 valence electrons. The summed E-state index contributed by atoms with van der Waals surface area (Å²) < 4.78 is 24.9. The van der Waals surface area contributed by atoms with Crippen molar-refractivity contribution in [2.45, 2.75) is 24.9 Å². The first-order valence-corrected chi connectivity index (χ1v) is 8.68. The van der Waals surface area contributed by atoms with Crippen LogP contribution in [-0.4, -0.2) is 18.5 Å². The van der Waals surface area contributed by atoms with Crippen molar-refractivity contribution < 1.29 is 23.5 Å². The summed E-state index contributed by atoms with van der Waals surface area (Å²) in [7, 11) is 0. The lowest BCUT2D eigenvalue weighted by molar-refractivity contribution is -0.150. The van der Waals surface area contributed by atoms with Crippen LogP contribution in [0.2, 0.25) is 0 Å². The number of ether oxygens (including phenoxy) is 2. The van der Waals surface area contributed by atoms with Crippen molar-refractivity contribution in [2.75, 3.05) is 11.9 Å². The monoisotopic (exact) mass is 367 g/mol. The second-order valence-electron chi connectivity index (χ2n) is 6.80. The van der Waals surface area contributed by atoms with Crippen molar-refractivity contribution >= 4 is 17.6 Å². The summed E-state index contributed by atoms with van der Waals surface area (Å²) in [5, 5.41) is 2.84. The molecular weight excluding hydrogens is 349 g/mol. The summed E-state index contributed by atoms with van der Waals surface area (Å²) in [6.07, 6.45) is 1.33. The zero-order valence-corrected chi connectivity index (χ0v) is 14.6. The van der Waals surface area contributed by atoms with Crippen LogP contribution in [0.3, 0.4) is 0 Å². The van der Waals surface area contributed by atoms with Crippen LogP contribution >= 0.6 is 0 Å². The number of carbonyl (C=O) groups is 2. The third kappa shape index (κ3) is 3.18. The quantitative estimate of drug-likeness (QED) is 0.664. The number of amides is 1. The normalized spacial score (nSPS) is 21.4. The number of carbonyl (C=O) groups excluding carboxylic acids is 2. The second kappa shape index (κ2) is 6.54. The van der Waals surface area contributed by atoms with Crippen molar-refractivity contribution in [3.63, 3.8) is 0 Å². The lowest BCUT2D eigenvalue weighted by Gasteiger charge is -2.29. The molecule has 1 atom stereocenters. The Morgan fingerprint density at radius 2 is 1.93 bits per heavy atom. The van der Waals surface area contributed by atoms with Gasteiger partial charge in [0.2, 0.25) is 5.91 Å². The minimum atomic E-state index is -1.08. The average molecular weight is 367 g/mol. The number of benzene rings is 2. The van der Waals surface area contributed by atoms with Gasteiger partial charge in [-0.1, -0.05) is 30.8 Å². The van der Waals surface area contributed by atoms with E-state index in [1.54, 1.807) is 18.2 Å². The van der Waals surface area contributed by atoms with Crippen molar-refractivity contribution in [3.8, 4) is 5.75 Å². The molecule has 2 aliphatic heterocycles. The van der Waals surface area contributed by atoms with Gasteiger partial charge in [-0.3, -0.25) is 4.79 Å². The predicted octanol–water partition coefficient (Wildman–Crippen LogP) is 3.49. The maximum absolute atomic E-state index is 13.3. The fraction of sp³-hybridized carbons (Fsp3) is 0.238. The molecule has 0 saturated carbocycles. The molecule has 1 unspecified atom stereocenters. The highest BCUT2D eigenvalue weighted by atomic mass is 19.1. The number of fused-ring (bicyclic) bond motifs is 1. The average Bonchev–Trinajstić information content (AvgIpc) is 2.95. The van der Waals surface area contributed by atoms with Gasteiger partial charge in [0.1, 0.15) is 18.2 Å². The van der Waals surface area contributed by atoms with E-state index in [1.165, 1.54) is 12.1 Å². The van der Waals surface area contributed by atoms with Gasteiger partial charge in [-0.2, -0.15) is 0 Å². The standard InChI is InChI=1S/C21H18FNO4/c1-13-11-21(27-20(13)25,15-6-8-16(22)9-7-15)12-26-17-4-2-3-14-5-10-18(24)23-19(14)17/h2-4,6-9H,1,5,10-12H2,(H,23,24). The van der Waals surface area contributed by atoms with E-state index in [-0.39, 0.29) is 24.8 Å². The number of anilines is 1. The molecule has 1 N–H and O–H groups in total. The van der Waals surface area contributed by atoms with Crippen molar-refractivity contribution in [3.05, 3.63) is 71.6 Å². The number of nitrogens with one attached hydrogen (secondary N) is 1. The van der Waals surface area contributed by atoms with Crippen LogP contribution in [-0.2, 0) is 26.3 Å². The lowest BCUT2D eigenvalue weighted by Crippen LogP contribution is -2.33. The Morgan fingerprint density at radius 3 is 2.63 bits per heavy atom. The van der Waals surface area contributed by atoms with Crippen LogP contribution < -0.4 is 10.1 Å². The van der Waals surface area contributed by atoms with Gasteiger partial charge in [0.05, 0.1) is 5.69 Å². The largest absolute Gasteiger partial charge is 0.487 e. The molecule has 1 fully saturated rings. The SMILES string of the molecule is C=C1CC(COc2cccc3c2NC(=O)CC3)(c2ccc(F)cc2)OC1=O. The van der Waals surface area contributed by atoms with Gasteiger partial charge in [0.15, 0.2) is 5.60 Å². The van der Waals surface area contributed by atoms with E-state index >= 15 is 0 Å². The molecule has 6 heteroatoms. The van der Waals surface area contributed by atoms with E-state index in [9.17, 15) is 14.0 Å². The number of cyclic esters (lactones) is 1. The van der Waals surface area contributed by atoms with Gasteiger partial charge >= 0.3 is 5.97 Å². The van der Waals surface area contributed by atoms with Crippen molar-refractivity contribution in [1.82, 2.24) is 0 Å². The molecule has 0 radical (unpaired) electrons. The molecule has 2 aliphatic rings. The van der Waals surface area contributed by atoms with Crippen LogP contribution in [0.1, 0.15) is 24.0 Å². The highest BCUT2D eigenvalue weighted by Crippen LogP contribution is 2.41. The first kappa shape index (κ1) is 17.3. The zero-order chi connectivity index (χ0) is 19.0. The minimum absolute atomic E-state index is 0.0235. The van der Waals surface area contributed by atoms with Crippen LogP contribution in [0.15, 0.2) is 54.6 Å².